The van der Waals surface area contributed by atoms with Gasteiger partial charge in [-0.25, -0.2) is 0 Å². The van der Waals surface area contributed by atoms with Gasteiger partial charge in [-0.3, -0.25) is 0 Å². The summed E-state index contributed by atoms with van der Waals surface area (Å²) in [6, 6.07) is 8.30. The minimum atomic E-state index is 0.575. The van der Waals surface area contributed by atoms with Gasteiger partial charge in [0.15, 0.2) is 0 Å². The van der Waals surface area contributed by atoms with Crippen molar-refractivity contribution in [2.24, 2.45) is 0 Å². The van der Waals surface area contributed by atoms with Crippen LogP contribution >= 0.6 is 0 Å². The number of nitrogens with one attached hydrogen (secondary N) is 1. The fourth-order valence-electron chi connectivity index (χ4n) is 1.30. The summed E-state index contributed by atoms with van der Waals surface area (Å²) in [5.41, 5.74) is 2.37. The molecule has 1 aromatic rings. The molecule has 0 heterocycles. The fourth-order valence-corrected chi connectivity index (χ4v) is 1.30. The Morgan fingerprint density at radius 1 is 1.43 bits per heavy atom. The smallest absolute Gasteiger partial charge is 0.0763 e. The minimum Gasteiger partial charge on any atom is -0.374 e. The Kier molecular flexibility index (Phi) is 4.03. The van der Waals surface area contributed by atoms with E-state index >= 15 is 0 Å². The van der Waals surface area contributed by atoms with Gasteiger partial charge in [-0.15, -0.1) is 6.42 Å². The Morgan fingerprint density at radius 3 is 2.86 bits per heavy atom. The van der Waals surface area contributed by atoms with Crippen molar-refractivity contribution in [1.29, 1.82) is 0 Å². The summed E-state index contributed by atoms with van der Waals surface area (Å²) in [6.45, 7) is 1.52. The second kappa shape index (κ2) is 5.31. The second-order valence-corrected chi connectivity index (χ2v) is 3.50. The van der Waals surface area contributed by atoms with Crippen LogP contribution in [0, 0.1) is 12.3 Å². The lowest BCUT2D eigenvalue weighted by Gasteiger charge is -2.11. The van der Waals surface area contributed by atoms with Crippen LogP contribution in [0.25, 0.3) is 0 Å². The van der Waals surface area contributed by atoms with E-state index in [0.717, 1.165) is 12.2 Å². The molecule has 0 saturated heterocycles. The van der Waals surface area contributed by atoms with Gasteiger partial charge in [0.2, 0.25) is 0 Å². The van der Waals surface area contributed by atoms with Crippen LogP contribution in [-0.4, -0.2) is 25.5 Å². The highest BCUT2D eigenvalue weighted by atomic mass is 15.0. The molecule has 0 saturated carbocycles. The van der Waals surface area contributed by atoms with Crippen LogP contribution in [0.3, 0.4) is 0 Å². The van der Waals surface area contributed by atoms with Crippen LogP contribution in [0.5, 0.6) is 0 Å². The molecule has 0 aromatic heterocycles. The minimum absolute atomic E-state index is 0.575. The van der Waals surface area contributed by atoms with E-state index in [4.69, 9.17) is 6.42 Å². The molecule has 0 amide bonds. The Labute approximate surface area is 85.9 Å². The number of rotatable bonds is 4. The van der Waals surface area contributed by atoms with Crippen molar-refractivity contribution in [2.75, 3.05) is 26.0 Å². The summed E-state index contributed by atoms with van der Waals surface area (Å²) >= 11 is 0. The largest absolute Gasteiger partial charge is 0.374 e. The van der Waals surface area contributed by atoms with Crippen LogP contribution in [0.4, 0.5) is 5.69 Å². The first-order chi connectivity index (χ1) is 6.72. The second-order valence-electron chi connectivity index (χ2n) is 3.50. The number of anilines is 1. The third-order valence-electron chi connectivity index (χ3n) is 1.82. The van der Waals surface area contributed by atoms with E-state index in [1.165, 1.54) is 5.56 Å². The highest BCUT2D eigenvalue weighted by Gasteiger charge is 1.96. The van der Waals surface area contributed by atoms with Gasteiger partial charge < -0.3 is 10.2 Å². The SMILES string of the molecule is C#CCNc1cccc(CN(C)C)c1. The zero-order valence-corrected chi connectivity index (χ0v) is 8.75. The van der Waals surface area contributed by atoms with Crippen LogP contribution in [0.15, 0.2) is 24.3 Å². The monoisotopic (exact) mass is 188 g/mol. The summed E-state index contributed by atoms with van der Waals surface area (Å²) in [6.07, 6.45) is 5.17. The van der Waals surface area contributed by atoms with E-state index in [0.29, 0.717) is 6.54 Å². The van der Waals surface area contributed by atoms with E-state index in [9.17, 15) is 0 Å². The molecule has 2 heteroatoms. The van der Waals surface area contributed by atoms with Gasteiger partial charge in [0, 0.05) is 12.2 Å². The topological polar surface area (TPSA) is 15.3 Å². The maximum atomic E-state index is 5.17. The van der Waals surface area contributed by atoms with Crippen molar-refractivity contribution in [2.45, 2.75) is 6.54 Å². The maximum Gasteiger partial charge on any atom is 0.0763 e. The molecule has 0 spiro atoms. The molecule has 1 aromatic carbocycles. The molecule has 1 N–H and O–H groups in total. The molecule has 0 fully saturated rings. The fraction of sp³-hybridized carbons (Fsp3) is 0.333. The van der Waals surface area contributed by atoms with Crippen LogP contribution < -0.4 is 5.32 Å². The van der Waals surface area contributed by atoms with Crippen molar-refractivity contribution in [3.8, 4) is 12.3 Å². The van der Waals surface area contributed by atoms with Crippen molar-refractivity contribution in [3.05, 3.63) is 29.8 Å². The summed E-state index contributed by atoms with van der Waals surface area (Å²) in [5, 5.41) is 3.15. The summed E-state index contributed by atoms with van der Waals surface area (Å²) < 4.78 is 0. The average molecular weight is 188 g/mol. The van der Waals surface area contributed by atoms with Crippen molar-refractivity contribution in [1.82, 2.24) is 4.90 Å². The van der Waals surface area contributed by atoms with Crippen molar-refractivity contribution < 1.29 is 0 Å². The first kappa shape index (κ1) is 10.6. The Morgan fingerprint density at radius 2 is 2.21 bits per heavy atom. The highest BCUT2D eigenvalue weighted by molar-refractivity contribution is 5.46. The highest BCUT2D eigenvalue weighted by Crippen LogP contribution is 2.11. The van der Waals surface area contributed by atoms with Gasteiger partial charge in [-0.1, -0.05) is 18.1 Å². The van der Waals surface area contributed by atoms with Gasteiger partial charge in [-0.05, 0) is 31.8 Å². The molecule has 14 heavy (non-hydrogen) atoms. The molecule has 0 radical (unpaired) electrons. The normalized spacial score (nSPS) is 9.86. The number of terminal acetylenes is 1. The van der Waals surface area contributed by atoms with Gasteiger partial charge in [0.05, 0.1) is 6.54 Å². The summed E-state index contributed by atoms with van der Waals surface area (Å²) in [5.74, 6) is 2.55. The maximum absolute atomic E-state index is 5.17. The predicted molar refractivity (Wildman–Crippen MR) is 61.2 cm³/mol. The van der Waals surface area contributed by atoms with Crippen molar-refractivity contribution >= 4 is 5.69 Å². The van der Waals surface area contributed by atoms with Crippen LogP contribution in [0.2, 0.25) is 0 Å². The lowest BCUT2D eigenvalue weighted by atomic mass is 10.2. The standard InChI is InChI=1S/C12H16N2/c1-4-8-13-12-7-5-6-11(9-12)10-14(2)3/h1,5-7,9,13H,8,10H2,2-3H3. The van der Waals surface area contributed by atoms with Gasteiger partial charge in [-0.2, -0.15) is 0 Å². The lowest BCUT2D eigenvalue weighted by molar-refractivity contribution is 0.402. The molecule has 2 nitrogen and oxygen atoms in total. The molecule has 0 unspecified atom stereocenters. The van der Waals surface area contributed by atoms with E-state index in [-0.39, 0.29) is 0 Å². The molecule has 74 valence electrons. The molecule has 0 aliphatic heterocycles. The Bertz CT molecular complexity index is 323. The lowest BCUT2D eigenvalue weighted by Crippen LogP contribution is -2.10. The van der Waals surface area contributed by atoms with Crippen molar-refractivity contribution in [3.63, 3.8) is 0 Å². The number of hydrogen-bond donors (Lipinski definition) is 1. The van der Waals surface area contributed by atoms with Crippen LogP contribution in [0.1, 0.15) is 5.56 Å². The first-order valence-electron chi connectivity index (χ1n) is 4.63. The molecule has 1 rings (SSSR count). The van der Waals surface area contributed by atoms with Gasteiger partial charge in [0.25, 0.3) is 0 Å². The average Bonchev–Trinajstić information content (AvgIpc) is 2.14. The Balaban J connectivity index is 2.65. The molecular formula is C12H16N2. The third-order valence-corrected chi connectivity index (χ3v) is 1.82. The zero-order chi connectivity index (χ0) is 10.4. The number of nitrogens with zero attached hydrogens (tertiary/aromatic N) is 1. The predicted octanol–water partition coefficient (Wildman–Crippen LogP) is 1.79. The molecule has 0 aliphatic rings. The van der Waals surface area contributed by atoms with E-state index in [1.807, 2.05) is 12.1 Å². The molecular weight excluding hydrogens is 172 g/mol. The zero-order valence-electron chi connectivity index (χ0n) is 8.75. The quantitative estimate of drug-likeness (QED) is 0.725. The van der Waals surface area contributed by atoms with E-state index < -0.39 is 0 Å². The van der Waals surface area contributed by atoms with E-state index in [1.54, 1.807) is 0 Å². The van der Waals surface area contributed by atoms with Gasteiger partial charge in [0.1, 0.15) is 0 Å². The summed E-state index contributed by atoms with van der Waals surface area (Å²) in [7, 11) is 4.11. The third kappa shape index (κ3) is 3.51. The molecule has 0 bridgehead atoms. The molecule has 0 aliphatic carbocycles. The number of benzene rings is 1. The number of hydrogen-bond acceptors (Lipinski definition) is 2. The first-order valence-corrected chi connectivity index (χ1v) is 4.63. The van der Waals surface area contributed by atoms with E-state index in [2.05, 4.69) is 42.4 Å². The van der Waals surface area contributed by atoms with Crippen LogP contribution in [-0.2, 0) is 6.54 Å². The molecule has 0 atom stereocenters. The summed E-state index contributed by atoms with van der Waals surface area (Å²) in [4.78, 5) is 2.14. The van der Waals surface area contributed by atoms with Gasteiger partial charge >= 0.3 is 0 Å². The Hall–Kier alpha value is -1.46.